The van der Waals surface area contributed by atoms with Crippen LogP contribution in [-0.4, -0.2) is 22.3 Å². The number of aromatic amines is 1. The summed E-state index contributed by atoms with van der Waals surface area (Å²) in [6.07, 6.45) is 1.52. The fraction of sp³-hybridized carbons (Fsp3) is 0.385. The largest absolute Gasteiger partial charge is 0.380 e. The molecule has 2 N–H and O–H groups in total. The summed E-state index contributed by atoms with van der Waals surface area (Å²) in [6.45, 7) is 3.49. The molecular weight excluding hydrogens is 228 g/mol. The first-order valence-corrected chi connectivity index (χ1v) is 5.95. The fourth-order valence-corrected chi connectivity index (χ4v) is 1.79. The Hall–Kier alpha value is -1.72. The molecule has 1 aromatic carbocycles. The minimum Gasteiger partial charge on any atom is -0.380 e. The van der Waals surface area contributed by atoms with Crippen molar-refractivity contribution in [3.63, 3.8) is 0 Å². The van der Waals surface area contributed by atoms with Crippen LogP contribution in [0.25, 0.3) is 0 Å². The lowest BCUT2D eigenvalue weighted by Crippen LogP contribution is -2.19. The van der Waals surface area contributed by atoms with E-state index in [0.29, 0.717) is 6.61 Å². The molecular formula is C13H18N4O. The second-order valence-electron chi connectivity index (χ2n) is 4.23. The Morgan fingerprint density at radius 3 is 2.94 bits per heavy atom. The van der Waals surface area contributed by atoms with Crippen LogP contribution in [0.3, 0.4) is 0 Å². The van der Waals surface area contributed by atoms with Crippen molar-refractivity contribution in [1.82, 2.24) is 20.5 Å². The first-order valence-electron chi connectivity index (χ1n) is 5.95. The highest BCUT2D eigenvalue weighted by Crippen LogP contribution is 2.09. The summed E-state index contributed by atoms with van der Waals surface area (Å²) in [6, 6.07) is 8.50. The van der Waals surface area contributed by atoms with Crippen molar-refractivity contribution < 1.29 is 4.74 Å². The maximum absolute atomic E-state index is 5.12. The lowest BCUT2D eigenvalue weighted by atomic mass is 10.1. The molecule has 1 aromatic heterocycles. The van der Waals surface area contributed by atoms with Crippen molar-refractivity contribution in [3.05, 3.63) is 47.5 Å². The molecule has 5 nitrogen and oxygen atoms in total. The molecule has 0 amide bonds. The van der Waals surface area contributed by atoms with Gasteiger partial charge >= 0.3 is 0 Å². The second-order valence-corrected chi connectivity index (χ2v) is 4.23. The Balaban J connectivity index is 1.91. The van der Waals surface area contributed by atoms with E-state index in [0.717, 1.165) is 12.4 Å². The predicted octanol–water partition coefficient (Wildman–Crippen LogP) is 1.80. The lowest BCUT2D eigenvalue weighted by molar-refractivity contribution is 0.185. The normalized spacial score (nSPS) is 12.6. The highest BCUT2D eigenvalue weighted by Gasteiger charge is 2.07. The molecule has 0 fully saturated rings. The number of rotatable bonds is 6. The Labute approximate surface area is 107 Å². The summed E-state index contributed by atoms with van der Waals surface area (Å²) in [4.78, 5) is 4.13. The average Bonchev–Trinajstić information content (AvgIpc) is 2.91. The van der Waals surface area contributed by atoms with E-state index in [1.807, 2.05) is 6.07 Å². The molecule has 1 unspecified atom stereocenters. The van der Waals surface area contributed by atoms with Gasteiger partial charge in [0, 0.05) is 13.7 Å². The van der Waals surface area contributed by atoms with Crippen molar-refractivity contribution >= 4 is 0 Å². The molecule has 5 heteroatoms. The van der Waals surface area contributed by atoms with Crippen LogP contribution in [0, 0.1) is 0 Å². The zero-order chi connectivity index (χ0) is 12.8. The van der Waals surface area contributed by atoms with Crippen LogP contribution < -0.4 is 5.32 Å². The predicted molar refractivity (Wildman–Crippen MR) is 68.8 cm³/mol. The van der Waals surface area contributed by atoms with Gasteiger partial charge in [0.25, 0.3) is 0 Å². The molecule has 0 spiro atoms. The first kappa shape index (κ1) is 12.7. The van der Waals surface area contributed by atoms with Crippen LogP contribution in [0.5, 0.6) is 0 Å². The molecule has 0 aliphatic rings. The van der Waals surface area contributed by atoms with Gasteiger partial charge in [0.1, 0.15) is 12.2 Å². The Bertz CT molecular complexity index is 470. The van der Waals surface area contributed by atoms with Gasteiger partial charge in [0.05, 0.1) is 12.6 Å². The fourth-order valence-electron chi connectivity index (χ4n) is 1.79. The monoisotopic (exact) mass is 246 g/mol. The third kappa shape index (κ3) is 3.38. The van der Waals surface area contributed by atoms with Crippen LogP contribution in [0.4, 0.5) is 0 Å². The van der Waals surface area contributed by atoms with Gasteiger partial charge in [-0.3, -0.25) is 5.10 Å². The van der Waals surface area contributed by atoms with E-state index in [2.05, 4.69) is 45.6 Å². The zero-order valence-electron chi connectivity index (χ0n) is 10.7. The summed E-state index contributed by atoms with van der Waals surface area (Å²) in [7, 11) is 1.71. The summed E-state index contributed by atoms with van der Waals surface area (Å²) in [5, 5.41) is 10.1. The van der Waals surface area contributed by atoms with E-state index in [1.54, 1.807) is 7.11 Å². The third-order valence-corrected chi connectivity index (χ3v) is 2.76. The van der Waals surface area contributed by atoms with Crippen LogP contribution in [0.1, 0.15) is 29.9 Å². The molecule has 0 radical (unpaired) electrons. The van der Waals surface area contributed by atoms with Gasteiger partial charge in [-0.1, -0.05) is 24.3 Å². The lowest BCUT2D eigenvalue weighted by Gasteiger charge is -2.11. The molecule has 96 valence electrons. The summed E-state index contributed by atoms with van der Waals surface area (Å²) in [5.41, 5.74) is 2.42. The maximum atomic E-state index is 5.12. The Morgan fingerprint density at radius 2 is 2.22 bits per heavy atom. The van der Waals surface area contributed by atoms with Gasteiger partial charge in [-0.15, -0.1) is 0 Å². The molecule has 0 bridgehead atoms. The number of benzene rings is 1. The Kier molecular flexibility index (Phi) is 4.44. The van der Waals surface area contributed by atoms with Gasteiger partial charge in [0.15, 0.2) is 0 Å². The van der Waals surface area contributed by atoms with E-state index in [4.69, 9.17) is 4.74 Å². The van der Waals surface area contributed by atoms with Crippen LogP contribution in [0.2, 0.25) is 0 Å². The number of hydrogen-bond donors (Lipinski definition) is 2. The van der Waals surface area contributed by atoms with Crippen molar-refractivity contribution in [2.75, 3.05) is 7.11 Å². The number of nitrogens with one attached hydrogen (secondary N) is 2. The number of aromatic nitrogens is 3. The van der Waals surface area contributed by atoms with Crippen LogP contribution in [-0.2, 0) is 17.9 Å². The molecule has 18 heavy (non-hydrogen) atoms. The molecule has 1 heterocycles. The minimum absolute atomic E-state index is 0.151. The highest BCUT2D eigenvalue weighted by molar-refractivity contribution is 5.23. The number of methoxy groups -OCH3 is 1. The van der Waals surface area contributed by atoms with Crippen molar-refractivity contribution in [3.8, 4) is 0 Å². The maximum Gasteiger partial charge on any atom is 0.141 e. The second kappa shape index (κ2) is 6.28. The van der Waals surface area contributed by atoms with Crippen molar-refractivity contribution in [2.45, 2.75) is 26.1 Å². The number of H-pyrrole nitrogens is 1. The topological polar surface area (TPSA) is 62.8 Å². The summed E-state index contributed by atoms with van der Waals surface area (Å²) < 4.78 is 5.12. The van der Waals surface area contributed by atoms with Crippen LogP contribution in [0.15, 0.2) is 30.6 Å². The van der Waals surface area contributed by atoms with E-state index < -0.39 is 0 Å². The standard InChI is InChI=1S/C13H18N4O/c1-10(13-15-9-16-17-13)14-7-11-4-3-5-12(6-11)8-18-2/h3-6,9-10,14H,7-8H2,1-2H3,(H,15,16,17). The molecule has 2 aromatic rings. The van der Waals surface area contributed by atoms with E-state index in [1.165, 1.54) is 17.5 Å². The van der Waals surface area contributed by atoms with Gasteiger partial charge in [-0.2, -0.15) is 5.10 Å². The Morgan fingerprint density at radius 1 is 1.39 bits per heavy atom. The summed E-state index contributed by atoms with van der Waals surface area (Å²) >= 11 is 0. The minimum atomic E-state index is 0.151. The average molecular weight is 246 g/mol. The number of nitrogens with zero attached hydrogens (tertiary/aromatic N) is 2. The smallest absolute Gasteiger partial charge is 0.141 e. The molecule has 0 saturated heterocycles. The molecule has 0 aliphatic heterocycles. The summed E-state index contributed by atoms with van der Waals surface area (Å²) in [5.74, 6) is 0.850. The molecule has 0 aliphatic carbocycles. The van der Waals surface area contributed by atoms with Crippen LogP contribution >= 0.6 is 0 Å². The van der Waals surface area contributed by atoms with E-state index in [-0.39, 0.29) is 6.04 Å². The van der Waals surface area contributed by atoms with Crippen molar-refractivity contribution in [2.24, 2.45) is 0 Å². The zero-order valence-corrected chi connectivity index (χ0v) is 10.7. The van der Waals surface area contributed by atoms with Crippen molar-refractivity contribution in [1.29, 1.82) is 0 Å². The number of ether oxygens (including phenoxy) is 1. The SMILES string of the molecule is COCc1cccc(CNC(C)c2ncn[nH]2)c1. The van der Waals surface area contributed by atoms with Gasteiger partial charge in [-0.05, 0) is 18.1 Å². The van der Waals surface area contributed by atoms with Gasteiger partial charge in [-0.25, -0.2) is 4.98 Å². The third-order valence-electron chi connectivity index (χ3n) is 2.76. The van der Waals surface area contributed by atoms with E-state index in [9.17, 15) is 0 Å². The van der Waals surface area contributed by atoms with Gasteiger partial charge < -0.3 is 10.1 Å². The quantitative estimate of drug-likeness (QED) is 0.816. The molecule has 2 rings (SSSR count). The first-order chi connectivity index (χ1) is 8.79. The molecule has 0 saturated carbocycles. The highest BCUT2D eigenvalue weighted by atomic mass is 16.5. The van der Waals surface area contributed by atoms with Gasteiger partial charge in [0.2, 0.25) is 0 Å². The van der Waals surface area contributed by atoms with E-state index >= 15 is 0 Å². The number of hydrogen-bond acceptors (Lipinski definition) is 4. The molecule has 1 atom stereocenters.